The fraction of sp³-hybridized carbons (Fsp3) is 0.250. The Bertz CT molecular complexity index is 1070. The summed E-state index contributed by atoms with van der Waals surface area (Å²) in [6.45, 7) is 1.90. The fourth-order valence-electron chi connectivity index (χ4n) is 2.83. The Kier molecular flexibility index (Phi) is 4.72. The second-order valence-corrected chi connectivity index (χ2v) is 9.13. The van der Waals surface area contributed by atoms with E-state index >= 15 is 0 Å². The molecule has 4 heterocycles. The number of nitrogens with zero attached hydrogens (tertiary/aromatic N) is 5. The van der Waals surface area contributed by atoms with Gasteiger partial charge in [0.05, 0.1) is 4.88 Å². The molecule has 1 fully saturated rings. The standard InChI is InChI=1S/C16H16N6O3S2/c23-15-3-1-12(19-20-15)13-2-4-16(26-13)27(24,25)22-9-7-21(8-10-22)14-5-6-17-11-18-14/h1-6,11H,7-10H2,(H,20,23). The van der Waals surface area contributed by atoms with Gasteiger partial charge in [0, 0.05) is 38.4 Å². The third-order valence-electron chi connectivity index (χ3n) is 4.24. The van der Waals surface area contributed by atoms with Gasteiger partial charge in [0.2, 0.25) is 0 Å². The summed E-state index contributed by atoms with van der Waals surface area (Å²) in [5.74, 6) is 0.796. The summed E-state index contributed by atoms with van der Waals surface area (Å²) in [5, 5.41) is 6.30. The van der Waals surface area contributed by atoms with Crippen molar-refractivity contribution in [1.29, 1.82) is 0 Å². The largest absolute Gasteiger partial charge is 0.354 e. The minimum absolute atomic E-state index is 0.265. The van der Waals surface area contributed by atoms with Crippen LogP contribution in [0, 0.1) is 0 Å². The summed E-state index contributed by atoms with van der Waals surface area (Å²) in [4.78, 5) is 22.0. The molecule has 1 saturated heterocycles. The highest BCUT2D eigenvalue weighted by Crippen LogP contribution is 2.31. The number of aromatic amines is 1. The normalized spacial score (nSPS) is 15.8. The van der Waals surface area contributed by atoms with Gasteiger partial charge in [-0.05, 0) is 24.3 Å². The molecule has 1 aliphatic rings. The van der Waals surface area contributed by atoms with Crippen LogP contribution in [0.4, 0.5) is 5.82 Å². The first-order valence-electron chi connectivity index (χ1n) is 8.21. The van der Waals surface area contributed by atoms with E-state index in [1.54, 1.807) is 24.4 Å². The average molecular weight is 404 g/mol. The molecule has 3 aromatic rings. The molecule has 140 valence electrons. The van der Waals surface area contributed by atoms with Gasteiger partial charge in [0.1, 0.15) is 22.0 Å². The predicted octanol–water partition coefficient (Wildman–Crippen LogP) is 0.799. The van der Waals surface area contributed by atoms with Gasteiger partial charge >= 0.3 is 0 Å². The Balaban J connectivity index is 1.49. The van der Waals surface area contributed by atoms with Crippen molar-refractivity contribution >= 4 is 27.2 Å². The first kappa shape index (κ1) is 17.8. The zero-order valence-electron chi connectivity index (χ0n) is 14.1. The van der Waals surface area contributed by atoms with Crippen molar-refractivity contribution in [3.05, 3.63) is 53.2 Å². The Hall–Kier alpha value is -2.63. The first-order valence-corrected chi connectivity index (χ1v) is 10.5. The molecule has 1 aliphatic heterocycles. The van der Waals surface area contributed by atoms with E-state index < -0.39 is 10.0 Å². The molecular weight excluding hydrogens is 388 g/mol. The molecule has 11 heteroatoms. The highest BCUT2D eigenvalue weighted by Gasteiger charge is 2.30. The zero-order valence-corrected chi connectivity index (χ0v) is 15.8. The van der Waals surface area contributed by atoms with Gasteiger partial charge in [-0.2, -0.15) is 9.40 Å². The molecule has 0 aromatic carbocycles. The number of hydrogen-bond donors (Lipinski definition) is 1. The predicted molar refractivity (Wildman–Crippen MR) is 101 cm³/mol. The van der Waals surface area contributed by atoms with E-state index in [4.69, 9.17) is 0 Å². The highest BCUT2D eigenvalue weighted by molar-refractivity contribution is 7.91. The number of thiophene rings is 1. The Labute approximate surface area is 159 Å². The van der Waals surface area contributed by atoms with Gasteiger partial charge in [-0.1, -0.05) is 0 Å². The van der Waals surface area contributed by atoms with E-state index in [1.165, 1.54) is 16.7 Å². The molecular formula is C16H16N6O3S2. The van der Waals surface area contributed by atoms with Gasteiger partial charge < -0.3 is 4.90 Å². The molecule has 27 heavy (non-hydrogen) atoms. The number of sulfonamides is 1. The van der Waals surface area contributed by atoms with Crippen LogP contribution >= 0.6 is 11.3 Å². The lowest BCUT2D eigenvalue weighted by atomic mass is 10.3. The average Bonchev–Trinajstić information content (AvgIpc) is 3.20. The van der Waals surface area contributed by atoms with Crippen LogP contribution in [-0.4, -0.2) is 59.1 Å². The molecule has 0 bridgehead atoms. The lowest BCUT2D eigenvalue weighted by Crippen LogP contribution is -2.48. The number of aromatic nitrogens is 4. The number of H-pyrrole nitrogens is 1. The second kappa shape index (κ2) is 7.18. The van der Waals surface area contributed by atoms with Crippen LogP contribution in [0.15, 0.2) is 51.9 Å². The molecule has 9 nitrogen and oxygen atoms in total. The topological polar surface area (TPSA) is 112 Å². The quantitative estimate of drug-likeness (QED) is 0.684. The van der Waals surface area contributed by atoms with Crippen molar-refractivity contribution in [1.82, 2.24) is 24.5 Å². The molecule has 0 spiro atoms. The van der Waals surface area contributed by atoms with Gasteiger partial charge in [-0.3, -0.25) is 4.79 Å². The zero-order chi connectivity index (χ0) is 18.9. The third-order valence-corrected chi connectivity index (χ3v) is 7.71. The maximum absolute atomic E-state index is 12.9. The SMILES string of the molecule is O=c1ccc(-c2ccc(S(=O)(=O)N3CCN(c4ccncn4)CC3)s2)n[nH]1. The Morgan fingerprint density at radius 2 is 1.85 bits per heavy atom. The van der Waals surface area contributed by atoms with E-state index in [0.29, 0.717) is 36.8 Å². The maximum atomic E-state index is 12.9. The van der Waals surface area contributed by atoms with Gasteiger partial charge in [-0.25, -0.2) is 23.5 Å². The summed E-state index contributed by atoms with van der Waals surface area (Å²) >= 11 is 1.14. The Morgan fingerprint density at radius 3 is 2.52 bits per heavy atom. The van der Waals surface area contributed by atoms with Crippen LogP contribution in [0.5, 0.6) is 0 Å². The lowest BCUT2D eigenvalue weighted by Gasteiger charge is -2.34. The number of piperazine rings is 1. The van der Waals surface area contributed by atoms with Crippen molar-refractivity contribution in [2.45, 2.75) is 4.21 Å². The minimum atomic E-state index is -3.57. The molecule has 0 radical (unpaired) electrons. The molecule has 0 unspecified atom stereocenters. The van der Waals surface area contributed by atoms with Crippen molar-refractivity contribution < 1.29 is 8.42 Å². The summed E-state index contributed by atoms with van der Waals surface area (Å²) in [7, 11) is -3.57. The number of nitrogens with one attached hydrogen (secondary N) is 1. The number of hydrogen-bond acceptors (Lipinski definition) is 8. The fourth-order valence-corrected chi connectivity index (χ4v) is 5.69. The number of anilines is 1. The highest BCUT2D eigenvalue weighted by atomic mass is 32.2. The smallest absolute Gasteiger partial charge is 0.264 e. The molecule has 3 aromatic heterocycles. The van der Waals surface area contributed by atoms with E-state index in [1.807, 2.05) is 11.0 Å². The minimum Gasteiger partial charge on any atom is -0.354 e. The molecule has 0 aliphatic carbocycles. The van der Waals surface area contributed by atoms with Crippen molar-refractivity contribution in [3.63, 3.8) is 0 Å². The van der Waals surface area contributed by atoms with Crippen molar-refractivity contribution in [2.75, 3.05) is 31.1 Å². The molecule has 0 saturated carbocycles. The van der Waals surface area contributed by atoms with Crippen LogP contribution in [0.25, 0.3) is 10.6 Å². The van der Waals surface area contributed by atoms with E-state index in [2.05, 4.69) is 20.2 Å². The first-order chi connectivity index (χ1) is 13.0. The van der Waals surface area contributed by atoms with Crippen LogP contribution in [0.3, 0.4) is 0 Å². The Morgan fingerprint density at radius 1 is 1.04 bits per heavy atom. The summed E-state index contributed by atoms with van der Waals surface area (Å²) < 4.78 is 27.6. The molecule has 1 N–H and O–H groups in total. The van der Waals surface area contributed by atoms with Crippen molar-refractivity contribution in [2.24, 2.45) is 0 Å². The number of rotatable bonds is 4. The van der Waals surface area contributed by atoms with E-state index in [0.717, 1.165) is 17.2 Å². The second-order valence-electron chi connectivity index (χ2n) is 5.88. The van der Waals surface area contributed by atoms with E-state index in [9.17, 15) is 13.2 Å². The maximum Gasteiger partial charge on any atom is 0.264 e. The molecule has 0 amide bonds. The van der Waals surface area contributed by atoms with Crippen LogP contribution < -0.4 is 10.5 Å². The van der Waals surface area contributed by atoms with Gasteiger partial charge in [0.25, 0.3) is 15.6 Å². The van der Waals surface area contributed by atoms with Crippen LogP contribution in [-0.2, 0) is 10.0 Å². The molecule has 4 rings (SSSR count). The third kappa shape index (κ3) is 3.61. The van der Waals surface area contributed by atoms with Crippen LogP contribution in [0.1, 0.15) is 0 Å². The van der Waals surface area contributed by atoms with E-state index in [-0.39, 0.29) is 9.77 Å². The summed E-state index contributed by atoms with van der Waals surface area (Å²) in [6, 6.07) is 8.03. The summed E-state index contributed by atoms with van der Waals surface area (Å²) in [5.41, 5.74) is 0.235. The molecule has 0 atom stereocenters. The van der Waals surface area contributed by atoms with Crippen molar-refractivity contribution in [3.8, 4) is 10.6 Å². The monoisotopic (exact) mass is 404 g/mol. The summed E-state index contributed by atoms with van der Waals surface area (Å²) in [6.07, 6.45) is 3.15. The lowest BCUT2D eigenvalue weighted by molar-refractivity contribution is 0.384. The van der Waals surface area contributed by atoms with Gasteiger partial charge in [0.15, 0.2) is 0 Å². The van der Waals surface area contributed by atoms with Gasteiger partial charge in [-0.15, -0.1) is 11.3 Å². The van der Waals surface area contributed by atoms with Crippen LogP contribution in [0.2, 0.25) is 0 Å².